The summed E-state index contributed by atoms with van der Waals surface area (Å²) in [6.45, 7) is 7.31. The Bertz CT molecular complexity index is 1170. The molecule has 0 amide bonds. The highest BCUT2D eigenvalue weighted by Gasteiger charge is 2.16. The third-order valence-corrected chi connectivity index (χ3v) is 5.02. The van der Waals surface area contributed by atoms with Crippen molar-refractivity contribution in [2.24, 2.45) is 0 Å². The van der Waals surface area contributed by atoms with Crippen LogP contribution in [0.4, 0.5) is 0 Å². The van der Waals surface area contributed by atoms with Crippen LogP contribution in [-0.2, 0) is 13.1 Å². The zero-order valence-electron chi connectivity index (χ0n) is 17.4. The Labute approximate surface area is 174 Å². The van der Waals surface area contributed by atoms with Gasteiger partial charge >= 0.3 is 5.69 Å². The smallest absolute Gasteiger partial charge is 0.274 e. The molecule has 2 aromatic carbocycles. The molecule has 0 aliphatic heterocycles. The largest absolute Gasteiger partial charge is 0.346 e. The number of aromatic amines is 1. The van der Waals surface area contributed by atoms with Crippen molar-refractivity contribution in [2.75, 3.05) is 0 Å². The van der Waals surface area contributed by atoms with E-state index in [-0.39, 0.29) is 11.6 Å². The molecule has 0 radical (unpaired) electrons. The van der Waals surface area contributed by atoms with Crippen LogP contribution >= 0.6 is 0 Å². The molecule has 0 atom stereocenters. The Hall–Kier alpha value is -3.55. The lowest BCUT2D eigenvalue weighted by Crippen LogP contribution is -2.26. The molecule has 0 aliphatic carbocycles. The van der Waals surface area contributed by atoms with Crippen molar-refractivity contribution in [3.05, 3.63) is 70.4 Å². The van der Waals surface area contributed by atoms with Crippen molar-refractivity contribution in [1.29, 1.82) is 0 Å². The summed E-state index contributed by atoms with van der Waals surface area (Å²) in [6.07, 6.45) is 0.878. The van der Waals surface area contributed by atoms with E-state index in [9.17, 15) is 4.79 Å². The summed E-state index contributed by atoms with van der Waals surface area (Å²) in [5.74, 6) is 1.56. The second-order valence-electron chi connectivity index (χ2n) is 7.58. The van der Waals surface area contributed by atoms with Gasteiger partial charge in [0.05, 0.1) is 6.54 Å². The fraction of sp³-hybridized carbons (Fsp3) is 0.318. The van der Waals surface area contributed by atoms with Gasteiger partial charge in [-0.2, -0.15) is 10.3 Å². The van der Waals surface area contributed by atoms with Crippen molar-refractivity contribution in [1.82, 2.24) is 35.0 Å². The molecule has 2 heterocycles. The molecule has 30 heavy (non-hydrogen) atoms. The van der Waals surface area contributed by atoms with Gasteiger partial charge in [0, 0.05) is 18.0 Å². The first-order valence-corrected chi connectivity index (χ1v) is 10.2. The van der Waals surface area contributed by atoms with Crippen molar-refractivity contribution < 1.29 is 0 Å². The topological polar surface area (TPSA) is 94.3 Å². The lowest BCUT2D eigenvalue weighted by Gasteiger charge is -2.10. The molecule has 4 aromatic rings. The summed E-state index contributed by atoms with van der Waals surface area (Å²) in [4.78, 5) is 12.8. The van der Waals surface area contributed by atoms with Crippen LogP contribution in [0.3, 0.4) is 0 Å². The molecule has 4 rings (SSSR count). The summed E-state index contributed by atoms with van der Waals surface area (Å²) >= 11 is 0. The number of rotatable bonds is 7. The summed E-state index contributed by atoms with van der Waals surface area (Å²) in [6, 6.07) is 16.2. The van der Waals surface area contributed by atoms with Gasteiger partial charge in [-0.05, 0) is 28.3 Å². The third kappa shape index (κ3) is 3.80. The predicted molar refractivity (Wildman–Crippen MR) is 115 cm³/mol. The standard InChI is InChI=1S/C22H25N7O/c1-4-13-29-22(30)28(21(25-29)15(2)3)14-16-9-11-17(12-10-16)18-7-5-6-8-19(18)20-23-26-27-24-20/h5-12,15H,4,13-14H2,1-3H3,(H,23,24,26,27). The third-order valence-electron chi connectivity index (χ3n) is 5.02. The minimum atomic E-state index is -0.0490. The number of tetrazole rings is 1. The van der Waals surface area contributed by atoms with Gasteiger partial charge in [0.15, 0.2) is 0 Å². The Morgan fingerprint density at radius 2 is 1.77 bits per heavy atom. The summed E-state index contributed by atoms with van der Waals surface area (Å²) < 4.78 is 3.35. The van der Waals surface area contributed by atoms with Gasteiger partial charge in [-0.25, -0.2) is 9.48 Å². The second kappa shape index (κ2) is 8.44. The van der Waals surface area contributed by atoms with Crippen molar-refractivity contribution in [3.63, 3.8) is 0 Å². The first kappa shape index (κ1) is 19.8. The van der Waals surface area contributed by atoms with Crippen molar-refractivity contribution in [3.8, 4) is 22.5 Å². The van der Waals surface area contributed by atoms with E-state index in [1.165, 1.54) is 0 Å². The van der Waals surface area contributed by atoms with Crippen molar-refractivity contribution in [2.45, 2.75) is 46.2 Å². The van der Waals surface area contributed by atoms with Crippen LogP contribution in [0.25, 0.3) is 22.5 Å². The maximum absolute atomic E-state index is 12.8. The highest BCUT2D eigenvalue weighted by atomic mass is 16.2. The summed E-state index contributed by atoms with van der Waals surface area (Å²) in [7, 11) is 0. The van der Waals surface area contributed by atoms with Gasteiger partial charge < -0.3 is 0 Å². The molecule has 154 valence electrons. The molecule has 0 unspecified atom stereocenters. The van der Waals surface area contributed by atoms with Gasteiger partial charge in [-0.1, -0.05) is 69.3 Å². The zero-order valence-corrected chi connectivity index (χ0v) is 17.4. The van der Waals surface area contributed by atoms with Crippen LogP contribution in [0.1, 0.15) is 44.5 Å². The monoisotopic (exact) mass is 403 g/mol. The highest BCUT2D eigenvalue weighted by molar-refractivity contribution is 5.80. The minimum Gasteiger partial charge on any atom is -0.274 e. The van der Waals surface area contributed by atoms with E-state index in [0.29, 0.717) is 18.9 Å². The molecule has 8 heteroatoms. The molecule has 0 aliphatic rings. The lowest BCUT2D eigenvalue weighted by molar-refractivity contribution is 0.568. The Balaban J connectivity index is 1.65. The number of aryl methyl sites for hydroxylation is 1. The van der Waals surface area contributed by atoms with E-state index >= 15 is 0 Å². The van der Waals surface area contributed by atoms with E-state index in [4.69, 9.17) is 0 Å². The second-order valence-corrected chi connectivity index (χ2v) is 7.58. The molecule has 0 saturated carbocycles. The van der Waals surface area contributed by atoms with Crippen LogP contribution in [0.15, 0.2) is 53.3 Å². The average Bonchev–Trinajstić information content (AvgIpc) is 3.39. The van der Waals surface area contributed by atoms with Gasteiger partial charge in [0.1, 0.15) is 5.82 Å². The minimum absolute atomic E-state index is 0.0490. The Kier molecular flexibility index (Phi) is 5.56. The molecule has 0 saturated heterocycles. The summed E-state index contributed by atoms with van der Waals surface area (Å²) in [5, 5.41) is 18.9. The zero-order chi connectivity index (χ0) is 21.1. The van der Waals surface area contributed by atoms with Crippen LogP contribution in [0, 0.1) is 0 Å². The van der Waals surface area contributed by atoms with Crippen LogP contribution < -0.4 is 5.69 Å². The molecule has 0 fully saturated rings. The lowest BCUT2D eigenvalue weighted by atomic mass is 9.98. The fourth-order valence-corrected chi connectivity index (χ4v) is 3.57. The molecule has 2 aromatic heterocycles. The number of hydrogen-bond donors (Lipinski definition) is 1. The van der Waals surface area contributed by atoms with E-state index in [2.05, 4.69) is 63.8 Å². The van der Waals surface area contributed by atoms with Gasteiger partial charge in [-0.15, -0.1) is 10.2 Å². The Morgan fingerprint density at radius 3 is 2.40 bits per heavy atom. The first-order valence-electron chi connectivity index (χ1n) is 10.2. The predicted octanol–water partition coefficient (Wildman–Crippen LogP) is 3.47. The van der Waals surface area contributed by atoms with Crippen LogP contribution in [0.2, 0.25) is 0 Å². The van der Waals surface area contributed by atoms with E-state index in [0.717, 1.165) is 34.5 Å². The van der Waals surface area contributed by atoms with Gasteiger partial charge in [-0.3, -0.25) is 4.57 Å². The SMILES string of the molecule is CCCn1nc(C(C)C)n(Cc2ccc(-c3ccccc3-c3nn[nH]n3)cc2)c1=O. The normalized spacial score (nSPS) is 11.3. The molecule has 8 nitrogen and oxygen atoms in total. The molecule has 0 spiro atoms. The Morgan fingerprint density at radius 1 is 1.03 bits per heavy atom. The summed E-state index contributed by atoms with van der Waals surface area (Å²) in [5.41, 5.74) is 4.00. The maximum Gasteiger partial charge on any atom is 0.346 e. The number of benzene rings is 2. The van der Waals surface area contributed by atoms with E-state index < -0.39 is 0 Å². The number of aromatic nitrogens is 7. The van der Waals surface area contributed by atoms with Crippen molar-refractivity contribution >= 4 is 0 Å². The van der Waals surface area contributed by atoms with E-state index in [1.54, 1.807) is 9.25 Å². The van der Waals surface area contributed by atoms with E-state index in [1.807, 2.05) is 31.2 Å². The quantitative estimate of drug-likeness (QED) is 0.510. The number of nitrogens with zero attached hydrogens (tertiary/aromatic N) is 6. The first-order chi connectivity index (χ1) is 14.6. The molecule has 0 bridgehead atoms. The number of H-pyrrole nitrogens is 1. The number of hydrogen-bond acceptors (Lipinski definition) is 5. The molecular formula is C22H25N7O. The average molecular weight is 403 g/mol. The fourth-order valence-electron chi connectivity index (χ4n) is 3.57. The van der Waals surface area contributed by atoms with Gasteiger partial charge in [0.2, 0.25) is 5.82 Å². The highest BCUT2D eigenvalue weighted by Crippen LogP contribution is 2.29. The van der Waals surface area contributed by atoms with Crippen LogP contribution in [0.5, 0.6) is 0 Å². The van der Waals surface area contributed by atoms with Crippen LogP contribution in [-0.4, -0.2) is 35.0 Å². The van der Waals surface area contributed by atoms with Gasteiger partial charge in [0.25, 0.3) is 0 Å². The molecular weight excluding hydrogens is 378 g/mol. The maximum atomic E-state index is 12.8. The number of nitrogens with one attached hydrogen (secondary N) is 1. The molecule has 1 N–H and O–H groups in total.